The predicted molar refractivity (Wildman–Crippen MR) is 60.4 cm³/mol. The van der Waals surface area contributed by atoms with Gasteiger partial charge in [-0.25, -0.2) is 0 Å². The molecule has 0 amide bonds. The van der Waals surface area contributed by atoms with E-state index in [2.05, 4.69) is 18.3 Å². The average molecular weight is 210 g/mol. The van der Waals surface area contributed by atoms with Crippen molar-refractivity contribution < 1.29 is 4.74 Å². The normalized spacial score (nSPS) is 28.3. The topological polar surface area (TPSA) is 45.0 Å². The van der Waals surface area contributed by atoms with E-state index in [-0.39, 0.29) is 6.04 Å². The highest BCUT2D eigenvalue weighted by molar-refractivity contribution is 4.89. The van der Waals surface area contributed by atoms with Gasteiger partial charge in [-0.1, -0.05) is 26.7 Å². The van der Waals surface area contributed by atoms with Crippen LogP contribution in [0.15, 0.2) is 0 Å². The van der Waals surface area contributed by atoms with Crippen molar-refractivity contribution in [3.8, 4) is 6.07 Å². The molecule has 15 heavy (non-hydrogen) atoms. The van der Waals surface area contributed by atoms with Crippen molar-refractivity contribution >= 4 is 0 Å². The first-order valence-corrected chi connectivity index (χ1v) is 6.02. The Hall–Kier alpha value is -0.590. The summed E-state index contributed by atoms with van der Waals surface area (Å²) in [6, 6.07) is 2.07. The molecular formula is C12H22N2O. The number of hydrogen-bond acceptors (Lipinski definition) is 3. The molecule has 1 aliphatic rings. The molecular weight excluding hydrogens is 188 g/mol. The van der Waals surface area contributed by atoms with Gasteiger partial charge < -0.3 is 10.1 Å². The molecule has 0 aromatic heterocycles. The molecule has 0 spiro atoms. The molecule has 0 heterocycles. The van der Waals surface area contributed by atoms with Crippen LogP contribution in [0.25, 0.3) is 0 Å². The smallest absolute Gasteiger partial charge is 0.119 e. The van der Waals surface area contributed by atoms with Crippen LogP contribution in [0.1, 0.15) is 39.5 Å². The number of nitrogens with one attached hydrogen (secondary N) is 1. The maximum Gasteiger partial charge on any atom is 0.119 e. The molecule has 0 saturated heterocycles. The lowest BCUT2D eigenvalue weighted by atomic mass is 9.88. The lowest BCUT2D eigenvalue weighted by molar-refractivity contribution is -0.00929. The molecule has 1 saturated carbocycles. The summed E-state index contributed by atoms with van der Waals surface area (Å²) in [5, 5.41) is 12.0. The minimum atomic E-state index is -0.149. The Morgan fingerprint density at radius 1 is 1.47 bits per heavy atom. The van der Waals surface area contributed by atoms with Crippen LogP contribution in [0, 0.1) is 17.2 Å². The van der Waals surface area contributed by atoms with Gasteiger partial charge in [0.25, 0.3) is 0 Å². The number of nitrogens with zero attached hydrogens (tertiary/aromatic N) is 1. The molecule has 0 aromatic rings. The van der Waals surface area contributed by atoms with E-state index >= 15 is 0 Å². The van der Waals surface area contributed by atoms with Gasteiger partial charge in [0.05, 0.1) is 18.8 Å². The summed E-state index contributed by atoms with van der Waals surface area (Å²) in [6.07, 6.45) is 5.39. The summed E-state index contributed by atoms with van der Waals surface area (Å²) in [7, 11) is 0. The third kappa shape index (κ3) is 4.19. The predicted octanol–water partition coefficient (Wildman–Crippen LogP) is 2.08. The first-order valence-electron chi connectivity index (χ1n) is 6.02. The maximum atomic E-state index is 8.86. The monoisotopic (exact) mass is 210 g/mol. The number of likely N-dealkylation sites (N-methyl/N-ethyl adjacent to an activating group) is 1. The molecule has 3 atom stereocenters. The third-order valence-electron chi connectivity index (χ3n) is 3.12. The molecule has 1 N–H and O–H groups in total. The Bertz CT molecular complexity index is 212. The summed E-state index contributed by atoms with van der Waals surface area (Å²) in [6.45, 7) is 5.60. The van der Waals surface area contributed by atoms with Crippen molar-refractivity contribution in [2.45, 2.75) is 51.7 Å². The zero-order valence-corrected chi connectivity index (χ0v) is 9.83. The fraction of sp³-hybridized carbons (Fsp3) is 0.917. The van der Waals surface area contributed by atoms with Crippen LogP contribution in [-0.2, 0) is 4.74 Å². The van der Waals surface area contributed by atoms with Crippen molar-refractivity contribution in [2.24, 2.45) is 5.92 Å². The molecule has 0 aromatic carbocycles. The molecule has 3 unspecified atom stereocenters. The van der Waals surface area contributed by atoms with Gasteiger partial charge in [-0.15, -0.1) is 0 Å². The zero-order chi connectivity index (χ0) is 11.1. The molecule has 1 rings (SSSR count). The van der Waals surface area contributed by atoms with Crippen molar-refractivity contribution in [3.63, 3.8) is 0 Å². The van der Waals surface area contributed by atoms with Gasteiger partial charge >= 0.3 is 0 Å². The van der Waals surface area contributed by atoms with E-state index in [4.69, 9.17) is 10.00 Å². The van der Waals surface area contributed by atoms with E-state index < -0.39 is 0 Å². The Morgan fingerprint density at radius 2 is 2.20 bits per heavy atom. The molecule has 0 aliphatic heterocycles. The standard InChI is InChI=1S/C12H22N2O/c1-3-14-11(8-13)9-15-12-7-5-4-6-10(12)2/h10-12,14H,3-7,9H2,1-2H3. The quantitative estimate of drug-likeness (QED) is 0.755. The maximum absolute atomic E-state index is 8.86. The second-order valence-electron chi connectivity index (χ2n) is 4.37. The number of ether oxygens (including phenoxy) is 1. The van der Waals surface area contributed by atoms with Gasteiger partial charge in [0.15, 0.2) is 0 Å². The first-order chi connectivity index (χ1) is 7.27. The van der Waals surface area contributed by atoms with Crippen LogP contribution in [0.4, 0.5) is 0 Å². The Morgan fingerprint density at radius 3 is 2.80 bits per heavy atom. The fourth-order valence-electron chi connectivity index (χ4n) is 2.14. The second kappa shape index (κ2) is 6.81. The van der Waals surface area contributed by atoms with Crippen LogP contribution in [0.3, 0.4) is 0 Å². The lowest BCUT2D eigenvalue weighted by Crippen LogP contribution is -2.35. The molecule has 0 bridgehead atoms. The second-order valence-corrected chi connectivity index (χ2v) is 4.37. The summed E-state index contributed by atoms with van der Waals surface area (Å²) in [4.78, 5) is 0. The number of hydrogen-bond donors (Lipinski definition) is 1. The van der Waals surface area contributed by atoms with Crippen molar-refractivity contribution in [1.82, 2.24) is 5.32 Å². The molecule has 1 fully saturated rings. The lowest BCUT2D eigenvalue weighted by Gasteiger charge is -2.29. The first kappa shape index (κ1) is 12.5. The fourth-order valence-corrected chi connectivity index (χ4v) is 2.14. The minimum absolute atomic E-state index is 0.149. The Kier molecular flexibility index (Phi) is 5.67. The molecule has 0 radical (unpaired) electrons. The van der Waals surface area contributed by atoms with E-state index in [9.17, 15) is 0 Å². The van der Waals surface area contributed by atoms with Crippen LogP contribution >= 0.6 is 0 Å². The van der Waals surface area contributed by atoms with Crippen LogP contribution in [0.5, 0.6) is 0 Å². The van der Waals surface area contributed by atoms with Gasteiger partial charge in [-0.2, -0.15) is 5.26 Å². The highest BCUT2D eigenvalue weighted by Crippen LogP contribution is 2.26. The van der Waals surface area contributed by atoms with Crippen LogP contribution < -0.4 is 5.32 Å². The summed E-state index contributed by atoms with van der Waals surface area (Å²) in [5.41, 5.74) is 0. The average Bonchev–Trinajstić information content (AvgIpc) is 2.26. The van der Waals surface area contributed by atoms with E-state index in [1.165, 1.54) is 19.3 Å². The van der Waals surface area contributed by atoms with Gasteiger partial charge in [0.1, 0.15) is 6.04 Å². The minimum Gasteiger partial charge on any atom is -0.375 e. The van der Waals surface area contributed by atoms with Gasteiger partial charge in [0.2, 0.25) is 0 Å². The zero-order valence-electron chi connectivity index (χ0n) is 9.83. The number of nitriles is 1. The highest BCUT2D eigenvalue weighted by atomic mass is 16.5. The Labute approximate surface area is 92.8 Å². The van der Waals surface area contributed by atoms with Gasteiger partial charge in [-0.3, -0.25) is 0 Å². The Balaban J connectivity index is 2.25. The molecule has 1 aliphatic carbocycles. The van der Waals surface area contributed by atoms with E-state index in [1.807, 2.05) is 6.92 Å². The highest BCUT2D eigenvalue weighted by Gasteiger charge is 2.22. The van der Waals surface area contributed by atoms with Crippen molar-refractivity contribution in [1.29, 1.82) is 5.26 Å². The summed E-state index contributed by atoms with van der Waals surface area (Å²) >= 11 is 0. The summed E-state index contributed by atoms with van der Waals surface area (Å²) in [5.74, 6) is 0.653. The van der Waals surface area contributed by atoms with E-state index in [1.54, 1.807) is 0 Å². The number of rotatable bonds is 5. The third-order valence-corrected chi connectivity index (χ3v) is 3.12. The van der Waals surface area contributed by atoms with Gasteiger partial charge in [-0.05, 0) is 25.3 Å². The molecule has 3 heteroatoms. The van der Waals surface area contributed by atoms with E-state index in [0.717, 1.165) is 13.0 Å². The largest absolute Gasteiger partial charge is 0.375 e. The summed E-state index contributed by atoms with van der Waals surface area (Å²) < 4.78 is 5.82. The molecule has 86 valence electrons. The SMILES string of the molecule is CCNC(C#N)COC1CCCCC1C. The van der Waals surface area contributed by atoms with Crippen molar-refractivity contribution in [2.75, 3.05) is 13.2 Å². The van der Waals surface area contributed by atoms with Crippen LogP contribution in [-0.4, -0.2) is 25.3 Å². The van der Waals surface area contributed by atoms with Crippen molar-refractivity contribution in [3.05, 3.63) is 0 Å². The van der Waals surface area contributed by atoms with Crippen LogP contribution in [0.2, 0.25) is 0 Å². The van der Waals surface area contributed by atoms with Gasteiger partial charge in [0, 0.05) is 0 Å². The molecule has 3 nitrogen and oxygen atoms in total. The van der Waals surface area contributed by atoms with E-state index in [0.29, 0.717) is 18.6 Å².